The number of carbonyl (C=O) groups excluding carboxylic acids is 2. The van der Waals surface area contributed by atoms with Gasteiger partial charge in [0, 0.05) is 31.4 Å². The van der Waals surface area contributed by atoms with Crippen molar-refractivity contribution in [2.24, 2.45) is 0 Å². The monoisotopic (exact) mass is 455 g/mol. The second-order valence-electron chi connectivity index (χ2n) is 6.85. The number of nitrogens with zero attached hydrogens (tertiary/aromatic N) is 2. The van der Waals surface area contributed by atoms with E-state index < -0.39 is 15.9 Å². The van der Waals surface area contributed by atoms with Crippen molar-refractivity contribution >= 4 is 50.5 Å². The summed E-state index contributed by atoms with van der Waals surface area (Å²) in [6, 6.07) is 8.05. The Bertz CT molecular complexity index is 1030. The van der Waals surface area contributed by atoms with Gasteiger partial charge in [0.15, 0.2) is 0 Å². The van der Waals surface area contributed by atoms with E-state index in [1.54, 1.807) is 30.0 Å². The Morgan fingerprint density at radius 3 is 2.52 bits per heavy atom. The first kappa shape index (κ1) is 21.8. The molecule has 1 fully saturated rings. The van der Waals surface area contributed by atoms with Crippen LogP contribution >= 0.6 is 22.9 Å². The van der Waals surface area contributed by atoms with Gasteiger partial charge in [-0.1, -0.05) is 17.7 Å². The fourth-order valence-corrected chi connectivity index (χ4v) is 5.98. The smallest absolute Gasteiger partial charge is 0.254 e. The first-order valence-corrected chi connectivity index (χ1v) is 11.7. The number of carbonyl (C=O) groups is 2. The maximum absolute atomic E-state index is 12.7. The van der Waals surface area contributed by atoms with E-state index in [1.165, 1.54) is 19.2 Å². The molecule has 0 saturated carbocycles. The number of sulfonamides is 1. The molecule has 0 aliphatic carbocycles. The van der Waals surface area contributed by atoms with Gasteiger partial charge < -0.3 is 10.2 Å². The molecule has 1 aromatic carbocycles. The molecule has 0 atom stereocenters. The molecule has 0 radical (unpaired) electrons. The van der Waals surface area contributed by atoms with E-state index in [2.05, 4.69) is 5.32 Å². The zero-order valence-electron chi connectivity index (χ0n) is 16.1. The third-order valence-corrected chi connectivity index (χ3v) is 8.31. The van der Waals surface area contributed by atoms with Crippen LogP contribution in [0.25, 0.3) is 0 Å². The average molecular weight is 456 g/mol. The van der Waals surface area contributed by atoms with E-state index in [0.29, 0.717) is 21.2 Å². The van der Waals surface area contributed by atoms with Gasteiger partial charge in [-0.05, 0) is 49.6 Å². The van der Waals surface area contributed by atoms with E-state index in [4.69, 9.17) is 11.6 Å². The Morgan fingerprint density at radius 1 is 1.21 bits per heavy atom. The van der Waals surface area contributed by atoms with Crippen LogP contribution in [0, 0.1) is 6.92 Å². The van der Waals surface area contributed by atoms with Gasteiger partial charge in [0.05, 0.1) is 10.9 Å². The van der Waals surface area contributed by atoms with Crippen LogP contribution in [0.3, 0.4) is 0 Å². The zero-order valence-corrected chi connectivity index (χ0v) is 18.5. The van der Waals surface area contributed by atoms with Crippen LogP contribution in [0.5, 0.6) is 0 Å². The summed E-state index contributed by atoms with van der Waals surface area (Å²) in [6.45, 7) is 2.89. The van der Waals surface area contributed by atoms with Gasteiger partial charge in [-0.25, -0.2) is 8.42 Å². The van der Waals surface area contributed by atoms with E-state index in [1.807, 2.05) is 0 Å². The second-order valence-corrected chi connectivity index (χ2v) is 10.8. The molecule has 1 aliphatic rings. The van der Waals surface area contributed by atoms with Gasteiger partial charge in [0.2, 0.25) is 5.91 Å². The van der Waals surface area contributed by atoms with E-state index in [-0.39, 0.29) is 16.7 Å². The fourth-order valence-electron chi connectivity index (χ4n) is 3.16. The number of nitrogens with one attached hydrogen (secondary N) is 1. The lowest BCUT2D eigenvalue weighted by Gasteiger charge is -2.19. The molecule has 10 heteroatoms. The molecule has 29 heavy (non-hydrogen) atoms. The second kappa shape index (κ2) is 8.83. The molecule has 0 bridgehead atoms. The summed E-state index contributed by atoms with van der Waals surface area (Å²) in [6.07, 6.45) is 1.99. The third-order valence-electron chi connectivity index (χ3n) is 4.81. The number of benzene rings is 1. The molecule has 2 heterocycles. The topological polar surface area (TPSA) is 86.8 Å². The molecule has 7 nitrogen and oxygen atoms in total. The van der Waals surface area contributed by atoms with Crippen LogP contribution < -0.4 is 5.32 Å². The number of anilines is 1. The van der Waals surface area contributed by atoms with E-state index >= 15 is 0 Å². The number of hydrogen-bond acceptors (Lipinski definition) is 5. The van der Waals surface area contributed by atoms with Gasteiger partial charge in [0.1, 0.15) is 4.21 Å². The van der Waals surface area contributed by atoms with Gasteiger partial charge in [0.25, 0.3) is 15.9 Å². The van der Waals surface area contributed by atoms with Crippen molar-refractivity contribution < 1.29 is 18.0 Å². The molecule has 1 N–H and O–H groups in total. The molecule has 1 saturated heterocycles. The number of thiophene rings is 1. The standard InChI is InChI=1S/C19H22ClN3O4S2/c1-13-14(19(25)23-10-3-4-11-23)6-5-7-15(13)21-17(24)12-22(2)29(26,27)18-9-8-16(20)28-18/h5-9H,3-4,10-12H2,1-2H3,(H,21,24). The Hall–Kier alpha value is -1.94. The van der Waals surface area contributed by atoms with Gasteiger partial charge in [-0.2, -0.15) is 4.31 Å². The highest BCUT2D eigenvalue weighted by molar-refractivity contribution is 7.91. The van der Waals surface area contributed by atoms with Crippen molar-refractivity contribution in [2.45, 2.75) is 24.0 Å². The quantitative estimate of drug-likeness (QED) is 0.724. The Kier molecular flexibility index (Phi) is 6.62. The fraction of sp³-hybridized carbons (Fsp3) is 0.368. The van der Waals surface area contributed by atoms with Crippen LogP contribution in [-0.2, 0) is 14.8 Å². The van der Waals surface area contributed by atoms with Gasteiger partial charge in [-0.3, -0.25) is 9.59 Å². The summed E-state index contributed by atoms with van der Waals surface area (Å²) >= 11 is 6.75. The lowest BCUT2D eigenvalue weighted by atomic mass is 10.1. The number of likely N-dealkylation sites (tertiary alicyclic amines) is 1. The molecule has 1 aliphatic heterocycles. The molecular formula is C19H22ClN3O4S2. The molecule has 156 valence electrons. The minimum atomic E-state index is -3.80. The normalized spacial score (nSPS) is 14.4. The summed E-state index contributed by atoms with van der Waals surface area (Å²) in [5.41, 5.74) is 1.69. The first-order chi connectivity index (χ1) is 13.7. The molecule has 0 unspecified atom stereocenters. The molecule has 1 aromatic heterocycles. The minimum absolute atomic E-state index is 0.0506. The van der Waals surface area contributed by atoms with Crippen molar-refractivity contribution in [3.63, 3.8) is 0 Å². The maximum Gasteiger partial charge on any atom is 0.254 e. The van der Waals surface area contributed by atoms with Crippen molar-refractivity contribution in [1.82, 2.24) is 9.21 Å². The predicted octanol–water partition coefficient (Wildman–Crippen LogP) is 3.21. The summed E-state index contributed by atoms with van der Waals surface area (Å²) < 4.78 is 26.5. The molecule has 2 amide bonds. The van der Waals surface area contributed by atoms with Crippen LogP contribution in [0.15, 0.2) is 34.5 Å². The number of likely N-dealkylation sites (N-methyl/N-ethyl adjacent to an activating group) is 1. The van der Waals surface area contributed by atoms with Crippen LogP contribution in [0.2, 0.25) is 4.34 Å². The highest BCUT2D eigenvalue weighted by Crippen LogP contribution is 2.28. The molecule has 0 spiro atoms. The van der Waals surface area contributed by atoms with Gasteiger partial charge >= 0.3 is 0 Å². The number of halogens is 1. The van der Waals surface area contributed by atoms with Crippen molar-refractivity contribution in [2.75, 3.05) is 32.0 Å². The highest BCUT2D eigenvalue weighted by Gasteiger charge is 2.26. The van der Waals surface area contributed by atoms with Crippen LogP contribution in [0.1, 0.15) is 28.8 Å². The SMILES string of the molecule is Cc1c(NC(=O)CN(C)S(=O)(=O)c2ccc(Cl)s2)cccc1C(=O)N1CCCC1. The Labute approximate surface area is 179 Å². The summed E-state index contributed by atoms with van der Waals surface area (Å²) in [5, 5.41) is 2.72. The van der Waals surface area contributed by atoms with Crippen molar-refractivity contribution in [1.29, 1.82) is 0 Å². The maximum atomic E-state index is 12.7. The van der Waals surface area contributed by atoms with E-state index in [9.17, 15) is 18.0 Å². The van der Waals surface area contributed by atoms with E-state index in [0.717, 1.165) is 41.6 Å². The molecule has 3 rings (SSSR count). The Morgan fingerprint density at radius 2 is 1.90 bits per heavy atom. The van der Waals surface area contributed by atoms with Gasteiger partial charge in [-0.15, -0.1) is 11.3 Å². The zero-order chi connectivity index (χ0) is 21.2. The number of amides is 2. The molecule has 2 aromatic rings. The lowest BCUT2D eigenvalue weighted by Crippen LogP contribution is -2.35. The minimum Gasteiger partial charge on any atom is -0.339 e. The summed E-state index contributed by atoms with van der Waals surface area (Å²) in [4.78, 5) is 27.0. The average Bonchev–Trinajstić information content (AvgIpc) is 3.34. The predicted molar refractivity (Wildman–Crippen MR) is 114 cm³/mol. The number of hydrogen-bond donors (Lipinski definition) is 1. The van der Waals surface area contributed by atoms with Crippen LogP contribution in [0.4, 0.5) is 5.69 Å². The highest BCUT2D eigenvalue weighted by atomic mass is 35.5. The van der Waals surface area contributed by atoms with Crippen LogP contribution in [-0.4, -0.2) is 56.1 Å². The lowest BCUT2D eigenvalue weighted by molar-refractivity contribution is -0.116. The third kappa shape index (κ3) is 4.80. The van der Waals surface area contributed by atoms with Crippen molar-refractivity contribution in [3.8, 4) is 0 Å². The molecular weight excluding hydrogens is 434 g/mol. The first-order valence-electron chi connectivity index (χ1n) is 9.10. The summed E-state index contributed by atoms with van der Waals surface area (Å²) in [7, 11) is -2.47. The Balaban J connectivity index is 1.70. The largest absolute Gasteiger partial charge is 0.339 e. The van der Waals surface area contributed by atoms with Crippen molar-refractivity contribution in [3.05, 3.63) is 45.8 Å². The summed E-state index contributed by atoms with van der Waals surface area (Å²) in [5.74, 6) is -0.544. The number of rotatable bonds is 6.